The highest BCUT2D eigenvalue weighted by Gasteiger charge is 2.05. The van der Waals surface area contributed by atoms with E-state index < -0.39 is 0 Å². The lowest BCUT2D eigenvalue weighted by Crippen LogP contribution is -2.44. The zero-order chi connectivity index (χ0) is 16.4. The van der Waals surface area contributed by atoms with Crippen LogP contribution in [0.25, 0.3) is 0 Å². The number of hydrogen-bond acceptors (Lipinski definition) is 5. The van der Waals surface area contributed by atoms with Crippen molar-refractivity contribution in [2.75, 3.05) is 40.4 Å². The molecule has 0 unspecified atom stereocenters. The van der Waals surface area contributed by atoms with Crippen molar-refractivity contribution in [2.45, 2.75) is 20.3 Å². The van der Waals surface area contributed by atoms with Crippen LogP contribution in [0.1, 0.15) is 15.6 Å². The predicted molar refractivity (Wildman–Crippen MR) is 105 cm³/mol. The highest BCUT2D eigenvalue weighted by atomic mass is 127. The van der Waals surface area contributed by atoms with Crippen LogP contribution >= 0.6 is 35.3 Å². The van der Waals surface area contributed by atoms with E-state index >= 15 is 0 Å². The average molecular weight is 455 g/mol. The largest absolute Gasteiger partial charge is 0.383 e. The van der Waals surface area contributed by atoms with Crippen LogP contribution in [0.5, 0.6) is 0 Å². The van der Waals surface area contributed by atoms with Crippen molar-refractivity contribution in [3.8, 4) is 0 Å². The molecule has 1 rings (SSSR count). The van der Waals surface area contributed by atoms with Gasteiger partial charge in [0, 0.05) is 38.5 Å². The number of rotatable bonds is 8. The number of thiazole rings is 1. The van der Waals surface area contributed by atoms with E-state index in [9.17, 15) is 4.79 Å². The Bertz CT molecular complexity index is 488. The van der Waals surface area contributed by atoms with E-state index in [4.69, 9.17) is 4.74 Å². The molecule has 1 aromatic rings. The summed E-state index contributed by atoms with van der Waals surface area (Å²) in [6.07, 6.45) is 0.833. The lowest BCUT2D eigenvalue weighted by Gasteiger charge is -2.11. The zero-order valence-corrected chi connectivity index (χ0v) is 17.2. The van der Waals surface area contributed by atoms with Gasteiger partial charge in [0.05, 0.1) is 23.9 Å². The summed E-state index contributed by atoms with van der Waals surface area (Å²) < 4.78 is 4.87. The summed E-state index contributed by atoms with van der Waals surface area (Å²) in [6.45, 7) is 6.01. The highest BCUT2D eigenvalue weighted by Crippen LogP contribution is 2.16. The van der Waals surface area contributed by atoms with Gasteiger partial charge in [-0.3, -0.25) is 9.79 Å². The van der Waals surface area contributed by atoms with Crippen LogP contribution in [-0.2, 0) is 16.0 Å². The molecule has 9 heteroatoms. The van der Waals surface area contributed by atoms with E-state index in [1.54, 1.807) is 25.5 Å². The van der Waals surface area contributed by atoms with Crippen molar-refractivity contribution in [3.05, 3.63) is 15.6 Å². The van der Waals surface area contributed by atoms with Gasteiger partial charge in [0.1, 0.15) is 0 Å². The van der Waals surface area contributed by atoms with Gasteiger partial charge in [0.2, 0.25) is 5.91 Å². The van der Waals surface area contributed by atoms with Crippen molar-refractivity contribution in [2.24, 2.45) is 4.99 Å². The Morgan fingerprint density at radius 3 is 2.57 bits per heavy atom. The standard InChI is InChI=1S/C14H25N5O2S.HI/c1-10-11(2)22-13(19-10)5-6-17-14(15-3)18-9-12(20)16-7-8-21-4;/h5-9H2,1-4H3,(H,16,20)(H2,15,17,18);1H. The second-order valence-electron chi connectivity index (χ2n) is 4.69. The molecule has 1 amide bonds. The number of aromatic nitrogens is 1. The Hall–Kier alpha value is -0.940. The number of ether oxygens (including phenoxy) is 1. The van der Waals surface area contributed by atoms with Gasteiger partial charge in [0.25, 0.3) is 0 Å². The molecule has 0 saturated carbocycles. The maximum Gasteiger partial charge on any atom is 0.239 e. The third-order valence-electron chi connectivity index (χ3n) is 2.97. The molecule has 3 N–H and O–H groups in total. The number of guanidine groups is 1. The number of carbonyl (C=O) groups excluding carboxylic acids is 1. The fraction of sp³-hybridized carbons (Fsp3) is 0.643. The van der Waals surface area contributed by atoms with Crippen LogP contribution in [0.4, 0.5) is 0 Å². The number of hydrogen-bond donors (Lipinski definition) is 3. The number of carbonyl (C=O) groups is 1. The molecule has 0 aliphatic heterocycles. The van der Waals surface area contributed by atoms with Crippen molar-refractivity contribution >= 4 is 47.2 Å². The first-order valence-electron chi connectivity index (χ1n) is 7.20. The molecule has 1 heterocycles. The Labute approximate surface area is 158 Å². The summed E-state index contributed by atoms with van der Waals surface area (Å²) in [6, 6.07) is 0. The number of methoxy groups -OCH3 is 1. The van der Waals surface area contributed by atoms with E-state index in [1.165, 1.54) is 4.88 Å². The molecular formula is C14H26IN5O2S. The van der Waals surface area contributed by atoms with E-state index in [0.29, 0.717) is 19.1 Å². The van der Waals surface area contributed by atoms with Crippen LogP contribution in [0.3, 0.4) is 0 Å². The van der Waals surface area contributed by atoms with Gasteiger partial charge in [-0.1, -0.05) is 0 Å². The normalized spacial score (nSPS) is 10.9. The minimum absolute atomic E-state index is 0. The summed E-state index contributed by atoms with van der Waals surface area (Å²) in [5.41, 5.74) is 1.09. The maximum absolute atomic E-state index is 11.6. The van der Waals surface area contributed by atoms with Crippen molar-refractivity contribution in [1.82, 2.24) is 20.9 Å². The maximum atomic E-state index is 11.6. The molecule has 0 bridgehead atoms. The van der Waals surface area contributed by atoms with Crippen LogP contribution in [0, 0.1) is 13.8 Å². The number of aryl methyl sites for hydroxylation is 2. The third kappa shape index (κ3) is 9.06. The van der Waals surface area contributed by atoms with Crippen LogP contribution in [0.15, 0.2) is 4.99 Å². The molecule has 0 aliphatic rings. The van der Waals surface area contributed by atoms with Crippen molar-refractivity contribution in [3.63, 3.8) is 0 Å². The minimum atomic E-state index is -0.0915. The third-order valence-corrected chi connectivity index (χ3v) is 4.11. The lowest BCUT2D eigenvalue weighted by molar-refractivity contribution is -0.120. The monoisotopic (exact) mass is 455 g/mol. The summed E-state index contributed by atoms with van der Waals surface area (Å²) in [4.78, 5) is 21.4. The van der Waals surface area contributed by atoms with E-state index in [1.807, 2.05) is 6.92 Å². The Kier molecular flexibility index (Phi) is 12.0. The first kappa shape index (κ1) is 22.1. The fourth-order valence-electron chi connectivity index (χ4n) is 1.67. The second-order valence-corrected chi connectivity index (χ2v) is 5.98. The zero-order valence-electron chi connectivity index (χ0n) is 14.1. The van der Waals surface area contributed by atoms with Gasteiger partial charge in [-0.2, -0.15) is 0 Å². The quantitative estimate of drug-likeness (QED) is 0.234. The summed E-state index contributed by atoms with van der Waals surface area (Å²) in [5, 5.41) is 9.98. The number of halogens is 1. The molecule has 0 spiro atoms. The molecular weight excluding hydrogens is 429 g/mol. The fourth-order valence-corrected chi connectivity index (χ4v) is 2.61. The molecule has 0 saturated heterocycles. The number of nitrogens with zero attached hydrogens (tertiary/aromatic N) is 2. The van der Waals surface area contributed by atoms with E-state index in [2.05, 4.69) is 32.9 Å². The predicted octanol–water partition coefficient (Wildman–Crippen LogP) is 0.848. The summed E-state index contributed by atoms with van der Waals surface area (Å²) >= 11 is 1.72. The Balaban J connectivity index is 0.00000484. The van der Waals surface area contributed by atoms with Crippen LogP contribution < -0.4 is 16.0 Å². The Morgan fingerprint density at radius 1 is 1.26 bits per heavy atom. The molecule has 0 aromatic carbocycles. The number of nitrogens with one attached hydrogen (secondary N) is 3. The van der Waals surface area contributed by atoms with Crippen LogP contribution in [-0.4, -0.2) is 57.2 Å². The molecule has 1 aromatic heterocycles. The topological polar surface area (TPSA) is 87.6 Å². The van der Waals surface area contributed by atoms with Gasteiger partial charge >= 0.3 is 0 Å². The highest BCUT2D eigenvalue weighted by molar-refractivity contribution is 14.0. The van der Waals surface area contributed by atoms with Gasteiger partial charge in [0.15, 0.2) is 5.96 Å². The second kappa shape index (κ2) is 12.5. The number of amides is 1. The Morgan fingerprint density at radius 2 is 2.00 bits per heavy atom. The van der Waals surface area contributed by atoms with Gasteiger partial charge < -0.3 is 20.7 Å². The molecule has 0 radical (unpaired) electrons. The van der Waals surface area contributed by atoms with E-state index in [0.717, 1.165) is 23.7 Å². The van der Waals surface area contributed by atoms with Gasteiger partial charge in [-0.15, -0.1) is 35.3 Å². The molecule has 0 fully saturated rings. The van der Waals surface area contributed by atoms with Crippen molar-refractivity contribution < 1.29 is 9.53 Å². The molecule has 0 aliphatic carbocycles. The first-order valence-corrected chi connectivity index (χ1v) is 8.01. The smallest absolute Gasteiger partial charge is 0.239 e. The van der Waals surface area contributed by atoms with Gasteiger partial charge in [-0.25, -0.2) is 4.98 Å². The van der Waals surface area contributed by atoms with Gasteiger partial charge in [-0.05, 0) is 13.8 Å². The molecule has 0 atom stereocenters. The molecule has 23 heavy (non-hydrogen) atoms. The summed E-state index contributed by atoms with van der Waals surface area (Å²) in [7, 11) is 3.28. The summed E-state index contributed by atoms with van der Waals surface area (Å²) in [5.74, 6) is 0.512. The van der Waals surface area contributed by atoms with Crippen LogP contribution in [0.2, 0.25) is 0 Å². The minimum Gasteiger partial charge on any atom is -0.383 e. The lowest BCUT2D eigenvalue weighted by atomic mass is 10.4. The molecule has 7 nitrogen and oxygen atoms in total. The first-order chi connectivity index (χ1) is 10.6. The number of aliphatic imine (C=N–C) groups is 1. The van der Waals surface area contributed by atoms with E-state index in [-0.39, 0.29) is 36.4 Å². The SMILES string of the molecule is CN=C(NCCc1nc(C)c(C)s1)NCC(=O)NCCOC.I. The molecule has 132 valence electrons. The average Bonchev–Trinajstić information content (AvgIpc) is 2.81. The van der Waals surface area contributed by atoms with Crippen molar-refractivity contribution in [1.29, 1.82) is 0 Å².